The zero-order valence-electron chi connectivity index (χ0n) is 9.53. The molecular weight excluding hydrogens is 359 g/mol. The van der Waals surface area contributed by atoms with Crippen LogP contribution < -0.4 is 14.8 Å². The first-order chi connectivity index (χ1) is 9.43. The maximum absolute atomic E-state index is 12.9. The molecule has 1 aliphatic rings. The molecule has 9 heteroatoms. The molecule has 0 spiro atoms. The van der Waals surface area contributed by atoms with Gasteiger partial charge < -0.3 is 14.8 Å². The van der Waals surface area contributed by atoms with Crippen LogP contribution in [0.2, 0.25) is 5.28 Å². The molecule has 3 rings (SSSR count). The molecule has 1 aromatic heterocycles. The van der Waals surface area contributed by atoms with E-state index in [1.807, 2.05) is 0 Å². The van der Waals surface area contributed by atoms with Gasteiger partial charge in [-0.05, 0) is 39.7 Å². The van der Waals surface area contributed by atoms with Gasteiger partial charge in [0, 0.05) is 18.0 Å². The summed E-state index contributed by atoms with van der Waals surface area (Å²) in [5, 5.41) is 2.97. The summed E-state index contributed by atoms with van der Waals surface area (Å²) in [5.74, 6) is 0.312. The third-order valence-corrected chi connectivity index (χ3v) is 3.14. The lowest BCUT2D eigenvalue weighted by Crippen LogP contribution is -2.25. The highest BCUT2D eigenvalue weighted by Gasteiger charge is 2.43. The highest BCUT2D eigenvalue weighted by molar-refractivity contribution is 9.10. The fourth-order valence-electron chi connectivity index (χ4n) is 1.60. The van der Waals surface area contributed by atoms with Gasteiger partial charge in [0.2, 0.25) is 5.28 Å². The Hall–Kier alpha value is -1.67. The zero-order valence-corrected chi connectivity index (χ0v) is 11.9. The Balaban J connectivity index is 1.88. The largest absolute Gasteiger partial charge is 0.586 e. The van der Waals surface area contributed by atoms with E-state index in [1.165, 1.54) is 18.3 Å². The van der Waals surface area contributed by atoms with E-state index in [9.17, 15) is 8.78 Å². The fraction of sp³-hybridized carbons (Fsp3) is 0.0909. The molecule has 2 heterocycles. The lowest BCUT2D eigenvalue weighted by atomic mass is 10.3. The van der Waals surface area contributed by atoms with E-state index in [1.54, 1.807) is 6.07 Å². The van der Waals surface area contributed by atoms with Crippen molar-refractivity contribution in [1.29, 1.82) is 0 Å². The summed E-state index contributed by atoms with van der Waals surface area (Å²) in [7, 11) is 0. The molecular formula is C11H5BrClF2N3O2. The van der Waals surface area contributed by atoms with Crippen molar-refractivity contribution in [3.63, 3.8) is 0 Å². The number of nitrogens with zero attached hydrogens (tertiary/aromatic N) is 2. The Kier molecular flexibility index (Phi) is 3.14. The minimum absolute atomic E-state index is 0.0275. The van der Waals surface area contributed by atoms with Crippen molar-refractivity contribution in [3.05, 3.63) is 34.2 Å². The third-order valence-electron chi connectivity index (χ3n) is 2.38. The average molecular weight is 365 g/mol. The molecule has 0 unspecified atom stereocenters. The fourth-order valence-corrected chi connectivity index (χ4v) is 2.02. The van der Waals surface area contributed by atoms with Gasteiger partial charge in [-0.1, -0.05) is 0 Å². The highest BCUT2D eigenvalue weighted by atomic mass is 79.9. The second kappa shape index (κ2) is 4.71. The number of benzene rings is 1. The van der Waals surface area contributed by atoms with Gasteiger partial charge in [0.25, 0.3) is 0 Å². The maximum atomic E-state index is 12.9. The Morgan fingerprint density at radius 1 is 1.25 bits per heavy atom. The van der Waals surface area contributed by atoms with Crippen LogP contribution in [0.4, 0.5) is 20.3 Å². The number of halogens is 4. The van der Waals surface area contributed by atoms with Crippen LogP contribution in [0.3, 0.4) is 0 Å². The predicted octanol–water partition coefficient (Wildman–Crippen LogP) is 3.96. The van der Waals surface area contributed by atoms with E-state index in [4.69, 9.17) is 11.6 Å². The average Bonchev–Trinajstić information content (AvgIpc) is 2.67. The lowest BCUT2D eigenvalue weighted by molar-refractivity contribution is -0.286. The Morgan fingerprint density at radius 2 is 2.00 bits per heavy atom. The Morgan fingerprint density at radius 3 is 2.80 bits per heavy atom. The van der Waals surface area contributed by atoms with E-state index < -0.39 is 6.29 Å². The Labute approximate surface area is 125 Å². The van der Waals surface area contributed by atoms with Crippen molar-refractivity contribution >= 4 is 39.0 Å². The first-order valence-electron chi connectivity index (χ1n) is 5.28. The van der Waals surface area contributed by atoms with E-state index in [0.29, 0.717) is 16.0 Å². The van der Waals surface area contributed by atoms with Gasteiger partial charge in [0.05, 0.1) is 4.47 Å². The van der Waals surface area contributed by atoms with Gasteiger partial charge in [-0.3, -0.25) is 0 Å². The number of alkyl halides is 2. The number of hydrogen-bond donors (Lipinski definition) is 1. The van der Waals surface area contributed by atoms with E-state index in [-0.39, 0.29) is 16.8 Å². The predicted molar refractivity (Wildman–Crippen MR) is 70.7 cm³/mol. The van der Waals surface area contributed by atoms with Crippen molar-refractivity contribution < 1.29 is 18.3 Å². The maximum Gasteiger partial charge on any atom is 0.586 e. The molecule has 0 atom stereocenters. The molecule has 1 N–H and O–H groups in total. The molecule has 0 radical (unpaired) electrons. The minimum Gasteiger partial charge on any atom is -0.395 e. The number of fused-ring (bicyclic) bond motifs is 1. The number of ether oxygens (including phenoxy) is 2. The van der Waals surface area contributed by atoms with Crippen LogP contribution in [0.1, 0.15) is 0 Å². The summed E-state index contributed by atoms with van der Waals surface area (Å²) in [6.07, 6.45) is -2.17. The van der Waals surface area contributed by atoms with Crippen molar-refractivity contribution in [2.24, 2.45) is 0 Å². The summed E-state index contributed by atoms with van der Waals surface area (Å²) in [5.41, 5.74) is 0.487. The summed E-state index contributed by atoms with van der Waals surface area (Å²) >= 11 is 8.93. The van der Waals surface area contributed by atoms with Crippen LogP contribution in [0.25, 0.3) is 0 Å². The van der Waals surface area contributed by atoms with Crippen LogP contribution in [0.15, 0.2) is 28.9 Å². The topological polar surface area (TPSA) is 56.3 Å². The first kappa shape index (κ1) is 13.3. The molecule has 0 saturated carbocycles. The van der Waals surface area contributed by atoms with Crippen LogP contribution in [-0.2, 0) is 0 Å². The highest BCUT2D eigenvalue weighted by Crippen LogP contribution is 2.42. The van der Waals surface area contributed by atoms with Gasteiger partial charge in [0.15, 0.2) is 11.5 Å². The normalized spacial score (nSPS) is 15.2. The molecule has 2 aromatic rings. The van der Waals surface area contributed by atoms with E-state index in [2.05, 4.69) is 40.7 Å². The molecule has 1 aromatic carbocycles. The zero-order chi connectivity index (χ0) is 14.3. The molecule has 0 bridgehead atoms. The number of hydrogen-bond acceptors (Lipinski definition) is 5. The van der Waals surface area contributed by atoms with Crippen molar-refractivity contribution in [3.8, 4) is 11.5 Å². The molecule has 20 heavy (non-hydrogen) atoms. The number of rotatable bonds is 2. The van der Waals surface area contributed by atoms with Crippen molar-refractivity contribution in [2.75, 3.05) is 5.32 Å². The Bertz CT molecular complexity index is 687. The molecule has 104 valence electrons. The quantitative estimate of drug-likeness (QED) is 0.818. The SMILES string of the molecule is FC1(F)Oc2ccc(Nc3nc(Cl)ncc3Br)cc2O1. The van der Waals surface area contributed by atoms with Gasteiger partial charge >= 0.3 is 6.29 Å². The van der Waals surface area contributed by atoms with Gasteiger partial charge in [-0.2, -0.15) is 4.98 Å². The van der Waals surface area contributed by atoms with Crippen LogP contribution in [0, 0.1) is 0 Å². The minimum atomic E-state index is -3.64. The second-order valence-electron chi connectivity index (χ2n) is 3.79. The molecule has 0 amide bonds. The standard InChI is InChI=1S/C11H5BrClF2N3O2/c12-6-4-16-10(13)18-9(6)17-5-1-2-7-8(3-5)20-11(14,15)19-7/h1-4H,(H,16,17,18). The monoisotopic (exact) mass is 363 g/mol. The van der Waals surface area contributed by atoms with Gasteiger partial charge in [-0.25, -0.2) is 4.98 Å². The van der Waals surface area contributed by atoms with Crippen LogP contribution in [0.5, 0.6) is 11.5 Å². The number of nitrogens with one attached hydrogen (secondary N) is 1. The summed E-state index contributed by atoms with van der Waals surface area (Å²) in [6.45, 7) is 0. The summed E-state index contributed by atoms with van der Waals surface area (Å²) in [6, 6.07) is 4.29. The summed E-state index contributed by atoms with van der Waals surface area (Å²) < 4.78 is 35.0. The lowest BCUT2D eigenvalue weighted by Gasteiger charge is -2.07. The molecule has 0 fully saturated rings. The van der Waals surface area contributed by atoms with Gasteiger partial charge in [-0.15, -0.1) is 8.78 Å². The van der Waals surface area contributed by atoms with Crippen LogP contribution >= 0.6 is 27.5 Å². The van der Waals surface area contributed by atoms with E-state index in [0.717, 1.165) is 0 Å². The molecule has 0 aliphatic carbocycles. The van der Waals surface area contributed by atoms with Crippen molar-refractivity contribution in [2.45, 2.75) is 6.29 Å². The smallest absolute Gasteiger partial charge is 0.395 e. The first-order valence-corrected chi connectivity index (χ1v) is 6.45. The van der Waals surface area contributed by atoms with E-state index >= 15 is 0 Å². The molecule has 0 saturated heterocycles. The number of aromatic nitrogens is 2. The number of anilines is 2. The molecule has 5 nitrogen and oxygen atoms in total. The molecule has 1 aliphatic heterocycles. The summed E-state index contributed by atoms with van der Waals surface area (Å²) in [4.78, 5) is 7.75. The third kappa shape index (κ3) is 2.61. The van der Waals surface area contributed by atoms with Gasteiger partial charge in [0.1, 0.15) is 5.82 Å². The van der Waals surface area contributed by atoms with Crippen LogP contribution in [-0.4, -0.2) is 16.3 Å². The second-order valence-corrected chi connectivity index (χ2v) is 4.98. The van der Waals surface area contributed by atoms with Crippen molar-refractivity contribution in [1.82, 2.24) is 9.97 Å².